The van der Waals surface area contributed by atoms with Gasteiger partial charge >= 0.3 is 5.97 Å². The first-order valence-corrected chi connectivity index (χ1v) is 7.80. The highest BCUT2D eigenvalue weighted by molar-refractivity contribution is 7.98. The van der Waals surface area contributed by atoms with Crippen molar-refractivity contribution in [3.05, 3.63) is 0 Å². The first-order chi connectivity index (χ1) is 8.38. The molecule has 2 unspecified atom stereocenters. The van der Waals surface area contributed by atoms with Gasteiger partial charge in [0, 0.05) is 5.92 Å². The molecule has 1 rings (SSSR count). The lowest BCUT2D eigenvalue weighted by molar-refractivity contribution is -0.143. The molecule has 5 heteroatoms. The van der Waals surface area contributed by atoms with Crippen molar-refractivity contribution >= 4 is 23.6 Å². The Balaban J connectivity index is 2.58. The third-order valence-corrected chi connectivity index (χ3v) is 4.44. The van der Waals surface area contributed by atoms with Gasteiger partial charge in [0.15, 0.2) is 0 Å². The van der Waals surface area contributed by atoms with E-state index in [-0.39, 0.29) is 17.2 Å². The van der Waals surface area contributed by atoms with Gasteiger partial charge < -0.3 is 10.4 Å². The highest BCUT2D eigenvalue weighted by Gasteiger charge is 2.40. The molecule has 1 aliphatic rings. The first kappa shape index (κ1) is 15.3. The van der Waals surface area contributed by atoms with Crippen LogP contribution in [0.25, 0.3) is 0 Å². The fourth-order valence-electron chi connectivity index (χ4n) is 2.58. The molecular weight excluding hydrogens is 250 g/mol. The van der Waals surface area contributed by atoms with Crippen LogP contribution < -0.4 is 5.32 Å². The standard InChI is InChI=1S/C13H23NO3S/c1-13(2)7-4-5-9(13)11(15)14-10(12(16)17)6-8-18-3/h9-10H,4-8H2,1-3H3,(H,14,15)(H,16,17). The Labute approximate surface area is 113 Å². The predicted molar refractivity (Wildman–Crippen MR) is 73.7 cm³/mol. The molecule has 0 saturated heterocycles. The van der Waals surface area contributed by atoms with Gasteiger partial charge in [0.2, 0.25) is 5.91 Å². The predicted octanol–water partition coefficient (Wildman–Crippen LogP) is 2.14. The lowest BCUT2D eigenvalue weighted by Gasteiger charge is -2.27. The van der Waals surface area contributed by atoms with Gasteiger partial charge in [-0.1, -0.05) is 20.3 Å². The van der Waals surface area contributed by atoms with Gasteiger partial charge in [-0.05, 0) is 36.7 Å². The van der Waals surface area contributed by atoms with Crippen LogP contribution in [0.5, 0.6) is 0 Å². The molecule has 1 amide bonds. The van der Waals surface area contributed by atoms with Gasteiger partial charge in [-0.15, -0.1) is 0 Å². The fraction of sp³-hybridized carbons (Fsp3) is 0.846. The van der Waals surface area contributed by atoms with Crippen molar-refractivity contribution in [2.45, 2.75) is 45.6 Å². The highest BCUT2D eigenvalue weighted by atomic mass is 32.2. The summed E-state index contributed by atoms with van der Waals surface area (Å²) in [6.45, 7) is 4.17. The molecule has 0 aromatic heterocycles. The molecule has 104 valence electrons. The van der Waals surface area contributed by atoms with Gasteiger partial charge in [0.05, 0.1) is 0 Å². The maximum atomic E-state index is 12.2. The molecule has 0 aromatic rings. The number of amides is 1. The van der Waals surface area contributed by atoms with E-state index in [9.17, 15) is 9.59 Å². The number of thioether (sulfide) groups is 1. The van der Waals surface area contributed by atoms with Gasteiger partial charge in [0.1, 0.15) is 6.04 Å². The Bertz CT molecular complexity index is 317. The van der Waals surface area contributed by atoms with Crippen molar-refractivity contribution in [1.82, 2.24) is 5.32 Å². The molecule has 0 radical (unpaired) electrons. The second-order valence-corrected chi connectivity index (χ2v) is 6.60. The number of carboxylic acids is 1. The van der Waals surface area contributed by atoms with Gasteiger partial charge in [0.25, 0.3) is 0 Å². The molecule has 0 spiro atoms. The summed E-state index contributed by atoms with van der Waals surface area (Å²) < 4.78 is 0. The maximum absolute atomic E-state index is 12.2. The van der Waals surface area contributed by atoms with Crippen molar-refractivity contribution in [2.24, 2.45) is 11.3 Å². The van der Waals surface area contributed by atoms with Gasteiger partial charge in [-0.25, -0.2) is 4.79 Å². The molecule has 0 aliphatic heterocycles. The number of hydrogen-bond acceptors (Lipinski definition) is 3. The average Bonchev–Trinajstić information content (AvgIpc) is 2.63. The zero-order valence-corrected chi connectivity index (χ0v) is 12.2. The SMILES string of the molecule is CSCCC(NC(=O)C1CCCC1(C)C)C(=O)O. The van der Waals surface area contributed by atoms with Crippen molar-refractivity contribution < 1.29 is 14.7 Å². The summed E-state index contributed by atoms with van der Waals surface area (Å²) in [7, 11) is 0. The van der Waals surface area contributed by atoms with E-state index in [1.165, 1.54) is 0 Å². The van der Waals surface area contributed by atoms with E-state index >= 15 is 0 Å². The van der Waals surface area contributed by atoms with Crippen molar-refractivity contribution in [3.63, 3.8) is 0 Å². The van der Waals surface area contributed by atoms with Gasteiger partial charge in [-0.3, -0.25) is 4.79 Å². The Kier molecular flexibility index (Phi) is 5.50. The van der Waals surface area contributed by atoms with E-state index in [1.54, 1.807) is 11.8 Å². The number of carboxylic acid groups (broad SMARTS) is 1. The van der Waals surface area contributed by atoms with Crippen LogP contribution in [-0.4, -0.2) is 35.0 Å². The number of nitrogens with one attached hydrogen (secondary N) is 1. The van der Waals surface area contributed by atoms with E-state index in [4.69, 9.17) is 5.11 Å². The summed E-state index contributed by atoms with van der Waals surface area (Å²) >= 11 is 1.59. The molecule has 2 N–H and O–H groups in total. The van der Waals surface area contributed by atoms with E-state index in [0.717, 1.165) is 25.0 Å². The summed E-state index contributed by atoms with van der Waals surface area (Å²) in [5, 5.41) is 11.8. The summed E-state index contributed by atoms with van der Waals surface area (Å²) in [5.41, 5.74) is -0.00730. The summed E-state index contributed by atoms with van der Waals surface area (Å²) in [6.07, 6.45) is 5.37. The van der Waals surface area contributed by atoms with Crippen LogP contribution in [0.3, 0.4) is 0 Å². The Morgan fingerprint density at radius 2 is 2.17 bits per heavy atom. The summed E-state index contributed by atoms with van der Waals surface area (Å²) in [5.74, 6) is -0.335. The van der Waals surface area contributed by atoms with Crippen molar-refractivity contribution in [1.29, 1.82) is 0 Å². The monoisotopic (exact) mass is 273 g/mol. The lowest BCUT2D eigenvalue weighted by Crippen LogP contribution is -2.46. The molecule has 2 atom stereocenters. The molecular formula is C13H23NO3S. The van der Waals surface area contributed by atoms with Crippen LogP contribution in [0.1, 0.15) is 39.5 Å². The molecule has 0 aromatic carbocycles. The second kappa shape index (κ2) is 6.45. The molecule has 1 saturated carbocycles. The second-order valence-electron chi connectivity index (χ2n) is 5.61. The van der Waals surface area contributed by atoms with E-state index in [0.29, 0.717) is 6.42 Å². The van der Waals surface area contributed by atoms with Gasteiger partial charge in [-0.2, -0.15) is 11.8 Å². The third-order valence-electron chi connectivity index (χ3n) is 3.80. The first-order valence-electron chi connectivity index (χ1n) is 6.40. The normalized spacial score (nSPS) is 23.6. The van der Waals surface area contributed by atoms with Crippen LogP contribution in [0.15, 0.2) is 0 Å². The van der Waals surface area contributed by atoms with E-state index in [1.807, 2.05) is 6.26 Å². The van der Waals surface area contributed by atoms with Crippen LogP contribution in [0.2, 0.25) is 0 Å². The number of rotatable bonds is 6. The smallest absolute Gasteiger partial charge is 0.326 e. The Morgan fingerprint density at radius 1 is 1.50 bits per heavy atom. The minimum absolute atomic E-state index is 0.00730. The molecule has 1 fully saturated rings. The topological polar surface area (TPSA) is 66.4 Å². The minimum Gasteiger partial charge on any atom is -0.480 e. The maximum Gasteiger partial charge on any atom is 0.326 e. The minimum atomic E-state index is -0.937. The number of carbonyl (C=O) groups is 2. The molecule has 0 heterocycles. The summed E-state index contributed by atoms with van der Waals surface area (Å²) in [6, 6.07) is -0.749. The van der Waals surface area contributed by atoms with Crippen LogP contribution >= 0.6 is 11.8 Å². The number of carbonyl (C=O) groups excluding carboxylic acids is 1. The Hall–Kier alpha value is -0.710. The number of aliphatic carboxylic acids is 1. The third kappa shape index (κ3) is 3.90. The molecule has 4 nitrogen and oxygen atoms in total. The highest BCUT2D eigenvalue weighted by Crippen LogP contribution is 2.42. The molecule has 1 aliphatic carbocycles. The number of hydrogen-bond donors (Lipinski definition) is 2. The van der Waals surface area contributed by atoms with Crippen LogP contribution in [0, 0.1) is 11.3 Å². The molecule has 18 heavy (non-hydrogen) atoms. The van der Waals surface area contributed by atoms with Crippen LogP contribution in [-0.2, 0) is 9.59 Å². The lowest BCUT2D eigenvalue weighted by atomic mass is 9.81. The Morgan fingerprint density at radius 3 is 2.61 bits per heavy atom. The largest absolute Gasteiger partial charge is 0.480 e. The zero-order chi connectivity index (χ0) is 13.8. The molecule has 0 bridgehead atoms. The van der Waals surface area contributed by atoms with Crippen molar-refractivity contribution in [2.75, 3.05) is 12.0 Å². The average molecular weight is 273 g/mol. The zero-order valence-electron chi connectivity index (χ0n) is 11.4. The van der Waals surface area contributed by atoms with E-state index in [2.05, 4.69) is 19.2 Å². The fourth-order valence-corrected chi connectivity index (χ4v) is 3.05. The van der Waals surface area contributed by atoms with Crippen LogP contribution in [0.4, 0.5) is 0 Å². The van der Waals surface area contributed by atoms with E-state index < -0.39 is 12.0 Å². The summed E-state index contributed by atoms with van der Waals surface area (Å²) in [4.78, 5) is 23.3. The quantitative estimate of drug-likeness (QED) is 0.778. The van der Waals surface area contributed by atoms with Crippen molar-refractivity contribution in [3.8, 4) is 0 Å².